The fourth-order valence-corrected chi connectivity index (χ4v) is 2.19. The van der Waals surface area contributed by atoms with Crippen molar-refractivity contribution in [2.75, 3.05) is 5.32 Å². The highest BCUT2D eigenvalue weighted by Crippen LogP contribution is 2.29. The highest BCUT2D eigenvalue weighted by Gasteiger charge is 2.30. The number of nitrogens with one attached hydrogen (secondary N) is 1. The van der Waals surface area contributed by atoms with Crippen LogP contribution in [0.1, 0.15) is 18.1 Å². The third kappa shape index (κ3) is 6.45. The highest BCUT2D eigenvalue weighted by molar-refractivity contribution is 5.96. The lowest BCUT2D eigenvalue weighted by Crippen LogP contribution is -2.29. The van der Waals surface area contributed by atoms with E-state index in [-0.39, 0.29) is 16.9 Å². The van der Waals surface area contributed by atoms with E-state index in [9.17, 15) is 32.9 Å². The van der Waals surface area contributed by atoms with Gasteiger partial charge in [0.2, 0.25) is 0 Å². The number of esters is 1. The van der Waals surface area contributed by atoms with Crippen LogP contribution in [0, 0.1) is 10.1 Å². The zero-order valence-corrected chi connectivity index (χ0v) is 15.0. The number of amides is 1. The number of anilines is 1. The standard InChI is InChI=1S/C19H15F3N2O5/c1-12(18(26)23-15-6-3-7-16(11-15)24(27)28)29-17(25)9-8-13-4-2-5-14(10-13)19(20,21)22/h2-12H,1H3,(H,23,26)/b9-8+/t12-/m0/s1. The fraction of sp³-hybridized carbons (Fsp3) is 0.158. The third-order valence-corrected chi connectivity index (χ3v) is 3.61. The van der Waals surface area contributed by atoms with Crippen molar-refractivity contribution in [3.8, 4) is 0 Å². The van der Waals surface area contributed by atoms with E-state index in [0.29, 0.717) is 0 Å². The van der Waals surface area contributed by atoms with E-state index >= 15 is 0 Å². The Morgan fingerprint density at radius 1 is 1.17 bits per heavy atom. The number of nitro groups is 1. The van der Waals surface area contributed by atoms with Crippen LogP contribution < -0.4 is 5.32 Å². The molecule has 1 atom stereocenters. The van der Waals surface area contributed by atoms with Crippen LogP contribution in [-0.2, 0) is 20.5 Å². The summed E-state index contributed by atoms with van der Waals surface area (Å²) in [4.78, 5) is 34.0. The topological polar surface area (TPSA) is 98.5 Å². The van der Waals surface area contributed by atoms with Crippen molar-refractivity contribution in [3.05, 3.63) is 75.8 Å². The molecule has 0 fully saturated rings. The second-order valence-electron chi connectivity index (χ2n) is 5.83. The van der Waals surface area contributed by atoms with E-state index in [1.165, 1.54) is 37.3 Å². The van der Waals surface area contributed by atoms with Crippen molar-refractivity contribution in [1.82, 2.24) is 0 Å². The molecule has 0 aliphatic rings. The minimum atomic E-state index is -4.51. The Bertz CT molecular complexity index is 957. The molecule has 0 heterocycles. The summed E-state index contributed by atoms with van der Waals surface area (Å²) >= 11 is 0. The minimum Gasteiger partial charge on any atom is -0.449 e. The first-order valence-electron chi connectivity index (χ1n) is 8.17. The molecule has 152 valence electrons. The summed E-state index contributed by atoms with van der Waals surface area (Å²) in [6, 6.07) is 9.52. The Hall–Kier alpha value is -3.69. The number of hydrogen-bond acceptors (Lipinski definition) is 5. The Morgan fingerprint density at radius 3 is 2.52 bits per heavy atom. The van der Waals surface area contributed by atoms with Gasteiger partial charge >= 0.3 is 12.1 Å². The number of ether oxygens (including phenoxy) is 1. The van der Waals surface area contributed by atoms with Crippen LogP contribution in [0.3, 0.4) is 0 Å². The lowest BCUT2D eigenvalue weighted by atomic mass is 10.1. The van der Waals surface area contributed by atoms with Crippen LogP contribution >= 0.6 is 0 Å². The second kappa shape index (κ2) is 9.00. The van der Waals surface area contributed by atoms with Crippen LogP contribution in [0.2, 0.25) is 0 Å². The molecule has 0 spiro atoms. The van der Waals surface area contributed by atoms with Crippen LogP contribution in [0.5, 0.6) is 0 Å². The van der Waals surface area contributed by atoms with E-state index < -0.39 is 34.6 Å². The van der Waals surface area contributed by atoms with Gasteiger partial charge in [0.1, 0.15) is 0 Å². The van der Waals surface area contributed by atoms with E-state index in [1.54, 1.807) is 0 Å². The van der Waals surface area contributed by atoms with Crippen molar-refractivity contribution in [1.29, 1.82) is 0 Å². The van der Waals surface area contributed by atoms with E-state index in [2.05, 4.69) is 5.32 Å². The Morgan fingerprint density at radius 2 is 1.86 bits per heavy atom. The van der Waals surface area contributed by atoms with E-state index in [4.69, 9.17) is 4.74 Å². The maximum Gasteiger partial charge on any atom is 0.416 e. The number of hydrogen-bond donors (Lipinski definition) is 1. The molecule has 0 saturated carbocycles. The van der Waals surface area contributed by atoms with Crippen LogP contribution in [0.4, 0.5) is 24.5 Å². The van der Waals surface area contributed by atoms with E-state index in [0.717, 1.165) is 30.4 Å². The smallest absolute Gasteiger partial charge is 0.416 e. The number of nitro benzene ring substituents is 1. The number of benzene rings is 2. The monoisotopic (exact) mass is 408 g/mol. The second-order valence-corrected chi connectivity index (χ2v) is 5.83. The molecule has 10 heteroatoms. The molecule has 0 radical (unpaired) electrons. The molecule has 0 aliphatic carbocycles. The SMILES string of the molecule is C[C@H](OC(=O)/C=C/c1cccc(C(F)(F)F)c1)C(=O)Nc1cccc([N+](=O)[O-])c1. The zero-order chi connectivity index (χ0) is 21.6. The minimum absolute atomic E-state index is 0.130. The molecule has 0 aromatic heterocycles. The molecule has 2 aromatic rings. The van der Waals surface area contributed by atoms with Gasteiger partial charge in [-0.25, -0.2) is 4.79 Å². The van der Waals surface area contributed by atoms with Gasteiger partial charge in [0.05, 0.1) is 10.5 Å². The quantitative estimate of drug-likeness (QED) is 0.334. The molecule has 29 heavy (non-hydrogen) atoms. The number of non-ortho nitro benzene ring substituents is 1. The average Bonchev–Trinajstić information content (AvgIpc) is 2.66. The number of rotatable bonds is 6. The third-order valence-electron chi connectivity index (χ3n) is 3.61. The predicted molar refractivity (Wildman–Crippen MR) is 97.8 cm³/mol. The van der Waals surface area contributed by atoms with Gasteiger partial charge in [-0.2, -0.15) is 13.2 Å². The first kappa shape index (κ1) is 21.6. The van der Waals surface area contributed by atoms with Crippen LogP contribution in [-0.4, -0.2) is 22.9 Å². The molecule has 0 saturated heterocycles. The largest absolute Gasteiger partial charge is 0.449 e. The van der Waals surface area contributed by atoms with Gasteiger partial charge in [0.15, 0.2) is 6.10 Å². The van der Waals surface area contributed by atoms with Gasteiger partial charge in [-0.15, -0.1) is 0 Å². The number of carbonyl (C=O) groups excluding carboxylic acids is 2. The summed E-state index contributed by atoms with van der Waals surface area (Å²) in [5.74, 6) is -1.67. The predicted octanol–water partition coefficient (Wildman–Crippen LogP) is 4.20. The van der Waals surface area contributed by atoms with Crippen LogP contribution in [0.15, 0.2) is 54.6 Å². The van der Waals surface area contributed by atoms with E-state index in [1.807, 2.05) is 0 Å². The van der Waals surface area contributed by atoms with Gasteiger partial charge in [-0.1, -0.05) is 18.2 Å². The lowest BCUT2D eigenvalue weighted by molar-refractivity contribution is -0.384. The number of halogens is 3. The van der Waals surface area contributed by atoms with Gasteiger partial charge < -0.3 is 10.1 Å². The summed E-state index contributed by atoms with van der Waals surface area (Å²) in [6.07, 6.45) is -3.73. The highest BCUT2D eigenvalue weighted by atomic mass is 19.4. The van der Waals surface area contributed by atoms with Crippen molar-refractivity contribution in [2.24, 2.45) is 0 Å². The number of carbonyl (C=O) groups is 2. The average molecular weight is 408 g/mol. The van der Waals surface area contributed by atoms with Gasteiger partial charge in [-0.3, -0.25) is 14.9 Å². The Balaban J connectivity index is 1.96. The summed E-state index contributed by atoms with van der Waals surface area (Å²) in [5, 5.41) is 13.1. The molecule has 2 aromatic carbocycles. The summed E-state index contributed by atoms with van der Waals surface area (Å²) in [7, 11) is 0. The maximum absolute atomic E-state index is 12.7. The van der Waals surface area contributed by atoms with Crippen molar-refractivity contribution in [2.45, 2.75) is 19.2 Å². The molecule has 1 N–H and O–H groups in total. The molecule has 7 nitrogen and oxygen atoms in total. The summed E-state index contributed by atoms with van der Waals surface area (Å²) < 4.78 is 42.9. The van der Waals surface area contributed by atoms with Gasteiger partial charge in [0.25, 0.3) is 11.6 Å². The first-order valence-corrected chi connectivity index (χ1v) is 8.17. The molecule has 1 amide bonds. The fourth-order valence-electron chi connectivity index (χ4n) is 2.19. The first-order chi connectivity index (χ1) is 13.6. The normalized spacial score (nSPS) is 12.4. The molecule has 0 bridgehead atoms. The summed E-state index contributed by atoms with van der Waals surface area (Å²) in [6.45, 7) is 1.28. The molecule has 0 aliphatic heterocycles. The molecule has 2 rings (SSSR count). The zero-order valence-electron chi connectivity index (χ0n) is 15.0. The van der Waals surface area contributed by atoms with Crippen molar-refractivity contribution in [3.63, 3.8) is 0 Å². The lowest BCUT2D eigenvalue weighted by Gasteiger charge is -2.12. The Kier molecular flexibility index (Phi) is 6.71. The molecular weight excluding hydrogens is 393 g/mol. The summed E-state index contributed by atoms with van der Waals surface area (Å²) in [5.41, 5.74) is -0.814. The molecular formula is C19H15F3N2O5. The number of nitrogens with zero attached hydrogens (tertiary/aromatic N) is 1. The van der Waals surface area contributed by atoms with Crippen molar-refractivity contribution >= 4 is 29.3 Å². The van der Waals surface area contributed by atoms with Gasteiger partial charge in [0, 0.05) is 23.9 Å². The molecule has 0 unspecified atom stereocenters. The number of alkyl halides is 3. The van der Waals surface area contributed by atoms with Crippen LogP contribution in [0.25, 0.3) is 6.08 Å². The van der Waals surface area contributed by atoms with Gasteiger partial charge in [-0.05, 0) is 36.8 Å². The maximum atomic E-state index is 12.7. The van der Waals surface area contributed by atoms with Crippen molar-refractivity contribution < 1.29 is 32.4 Å². The Labute approximate surface area is 162 Å².